The molecule has 4 nitrogen and oxygen atoms in total. The SMILES string of the molecule is COc1ccccc1N1CCN(CC(C)(C)C=O)CC1. The number of para-hydroxylation sites is 2. The molecule has 0 aromatic heterocycles. The fraction of sp³-hybridized carbons (Fsp3) is 0.562. The summed E-state index contributed by atoms with van der Waals surface area (Å²) in [5, 5.41) is 0. The summed E-state index contributed by atoms with van der Waals surface area (Å²) < 4.78 is 5.42. The Labute approximate surface area is 121 Å². The Kier molecular flexibility index (Phi) is 4.65. The van der Waals surface area contributed by atoms with Crippen molar-refractivity contribution in [3.63, 3.8) is 0 Å². The van der Waals surface area contributed by atoms with Crippen LogP contribution < -0.4 is 9.64 Å². The molecule has 0 amide bonds. The quantitative estimate of drug-likeness (QED) is 0.771. The molecule has 1 aromatic rings. The molecule has 1 heterocycles. The number of carbonyl (C=O) groups is 1. The third-order valence-corrected chi connectivity index (χ3v) is 3.75. The number of hydrogen-bond acceptors (Lipinski definition) is 4. The molecule has 1 saturated heterocycles. The molecule has 2 rings (SSSR count). The maximum atomic E-state index is 11.0. The second-order valence-corrected chi connectivity index (χ2v) is 6.04. The molecule has 0 bridgehead atoms. The highest BCUT2D eigenvalue weighted by Gasteiger charge is 2.25. The molecule has 0 N–H and O–H groups in total. The van der Waals surface area contributed by atoms with E-state index in [9.17, 15) is 4.79 Å². The lowest BCUT2D eigenvalue weighted by molar-refractivity contribution is -0.115. The van der Waals surface area contributed by atoms with E-state index in [1.165, 1.54) is 0 Å². The summed E-state index contributed by atoms with van der Waals surface area (Å²) in [6, 6.07) is 8.13. The Balaban J connectivity index is 1.96. The lowest BCUT2D eigenvalue weighted by atomic mass is 9.95. The first-order chi connectivity index (χ1) is 9.55. The van der Waals surface area contributed by atoms with Crippen LogP contribution in [0.2, 0.25) is 0 Å². The summed E-state index contributed by atoms with van der Waals surface area (Å²) in [7, 11) is 1.71. The number of benzene rings is 1. The number of piperazine rings is 1. The highest BCUT2D eigenvalue weighted by molar-refractivity contribution is 5.59. The Hall–Kier alpha value is -1.55. The number of rotatable bonds is 5. The number of methoxy groups -OCH3 is 1. The van der Waals surface area contributed by atoms with Crippen molar-refractivity contribution in [3.8, 4) is 5.75 Å². The normalized spacial score (nSPS) is 17.1. The van der Waals surface area contributed by atoms with Crippen LogP contribution in [0.3, 0.4) is 0 Å². The van der Waals surface area contributed by atoms with E-state index in [0.717, 1.165) is 50.4 Å². The third kappa shape index (κ3) is 3.51. The molecule has 0 radical (unpaired) electrons. The first-order valence-corrected chi connectivity index (χ1v) is 7.12. The molecule has 1 fully saturated rings. The van der Waals surface area contributed by atoms with Crippen molar-refractivity contribution >= 4 is 12.0 Å². The topological polar surface area (TPSA) is 32.8 Å². The van der Waals surface area contributed by atoms with E-state index in [4.69, 9.17) is 4.74 Å². The Bertz CT molecular complexity index is 452. The van der Waals surface area contributed by atoms with Gasteiger partial charge in [0, 0.05) is 38.1 Å². The van der Waals surface area contributed by atoms with Crippen LogP contribution in [-0.2, 0) is 4.79 Å². The summed E-state index contributed by atoms with van der Waals surface area (Å²) in [6.07, 6.45) is 1.06. The van der Waals surface area contributed by atoms with Crippen molar-refractivity contribution in [2.45, 2.75) is 13.8 Å². The van der Waals surface area contributed by atoms with Crippen molar-refractivity contribution in [2.24, 2.45) is 5.41 Å². The van der Waals surface area contributed by atoms with E-state index in [-0.39, 0.29) is 5.41 Å². The first kappa shape index (κ1) is 14.9. The average molecular weight is 276 g/mol. The van der Waals surface area contributed by atoms with Gasteiger partial charge in [-0.15, -0.1) is 0 Å². The molecule has 110 valence electrons. The largest absolute Gasteiger partial charge is 0.495 e. The molecule has 1 aliphatic rings. The fourth-order valence-corrected chi connectivity index (χ4v) is 2.65. The van der Waals surface area contributed by atoms with Crippen LogP contribution in [0.1, 0.15) is 13.8 Å². The number of hydrogen-bond donors (Lipinski definition) is 0. The standard InChI is InChI=1S/C16H24N2O2/c1-16(2,13-19)12-17-8-10-18(11-9-17)14-6-4-5-7-15(14)20-3/h4-7,13H,8-12H2,1-3H3. The van der Waals surface area contributed by atoms with E-state index in [2.05, 4.69) is 15.9 Å². The van der Waals surface area contributed by atoms with E-state index in [0.29, 0.717) is 0 Å². The minimum atomic E-state index is -0.257. The monoisotopic (exact) mass is 276 g/mol. The van der Waals surface area contributed by atoms with Gasteiger partial charge in [0.25, 0.3) is 0 Å². The lowest BCUT2D eigenvalue weighted by Gasteiger charge is -2.38. The zero-order valence-corrected chi connectivity index (χ0v) is 12.6. The van der Waals surface area contributed by atoms with Crippen molar-refractivity contribution < 1.29 is 9.53 Å². The van der Waals surface area contributed by atoms with Crippen LogP contribution in [0.15, 0.2) is 24.3 Å². The van der Waals surface area contributed by atoms with Gasteiger partial charge in [0.1, 0.15) is 12.0 Å². The summed E-state index contributed by atoms with van der Waals surface area (Å²) in [5.74, 6) is 0.925. The minimum Gasteiger partial charge on any atom is -0.495 e. The van der Waals surface area contributed by atoms with E-state index in [1.807, 2.05) is 32.0 Å². The second-order valence-electron chi connectivity index (χ2n) is 6.04. The first-order valence-electron chi connectivity index (χ1n) is 7.12. The molecule has 4 heteroatoms. The van der Waals surface area contributed by atoms with Gasteiger partial charge >= 0.3 is 0 Å². The molecular weight excluding hydrogens is 252 g/mol. The zero-order chi connectivity index (χ0) is 14.6. The van der Waals surface area contributed by atoms with Gasteiger partial charge in [0.15, 0.2) is 0 Å². The van der Waals surface area contributed by atoms with Gasteiger partial charge in [-0.2, -0.15) is 0 Å². The van der Waals surface area contributed by atoms with Crippen LogP contribution >= 0.6 is 0 Å². The Morgan fingerprint density at radius 1 is 1.20 bits per heavy atom. The molecular formula is C16H24N2O2. The van der Waals surface area contributed by atoms with Gasteiger partial charge in [-0.1, -0.05) is 26.0 Å². The second kappa shape index (κ2) is 6.27. The van der Waals surface area contributed by atoms with Gasteiger partial charge in [0.2, 0.25) is 0 Å². The Morgan fingerprint density at radius 2 is 1.85 bits per heavy atom. The highest BCUT2D eigenvalue weighted by atomic mass is 16.5. The number of anilines is 1. The average Bonchev–Trinajstić information content (AvgIpc) is 2.48. The van der Waals surface area contributed by atoms with Crippen molar-refractivity contribution in [3.05, 3.63) is 24.3 Å². The van der Waals surface area contributed by atoms with Crippen molar-refractivity contribution in [1.82, 2.24) is 4.90 Å². The molecule has 20 heavy (non-hydrogen) atoms. The minimum absolute atomic E-state index is 0.257. The van der Waals surface area contributed by atoms with Crippen LogP contribution in [0.4, 0.5) is 5.69 Å². The van der Waals surface area contributed by atoms with E-state index < -0.39 is 0 Å². The maximum absolute atomic E-state index is 11.0. The summed E-state index contributed by atoms with van der Waals surface area (Å²) in [5.41, 5.74) is 0.899. The molecule has 0 aliphatic carbocycles. The molecule has 0 atom stereocenters. The Morgan fingerprint density at radius 3 is 2.45 bits per heavy atom. The molecule has 0 spiro atoms. The lowest BCUT2D eigenvalue weighted by Crippen LogP contribution is -2.49. The molecule has 1 aromatic carbocycles. The van der Waals surface area contributed by atoms with Gasteiger partial charge in [0.05, 0.1) is 12.8 Å². The van der Waals surface area contributed by atoms with Crippen molar-refractivity contribution in [1.29, 1.82) is 0 Å². The van der Waals surface area contributed by atoms with Crippen molar-refractivity contribution in [2.75, 3.05) is 44.7 Å². The molecule has 0 unspecified atom stereocenters. The van der Waals surface area contributed by atoms with E-state index >= 15 is 0 Å². The summed E-state index contributed by atoms with van der Waals surface area (Å²) in [6.45, 7) is 8.71. The predicted octanol–water partition coefficient (Wildman–Crippen LogP) is 2.04. The fourth-order valence-electron chi connectivity index (χ4n) is 2.65. The van der Waals surface area contributed by atoms with E-state index in [1.54, 1.807) is 7.11 Å². The smallest absolute Gasteiger partial charge is 0.142 e. The molecule has 1 aliphatic heterocycles. The summed E-state index contributed by atoms with van der Waals surface area (Å²) >= 11 is 0. The number of aldehydes is 1. The maximum Gasteiger partial charge on any atom is 0.142 e. The van der Waals surface area contributed by atoms with Gasteiger partial charge in [-0.05, 0) is 12.1 Å². The highest BCUT2D eigenvalue weighted by Crippen LogP contribution is 2.28. The van der Waals surface area contributed by atoms with Crippen LogP contribution in [0, 0.1) is 5.41 Å². The van der Waals surface area contributed by atoms with Crippen LogP contribution in [0.5, 0.6) is 5.75 Å². The number of carbonyl (C=O) groups excluding carboxylic acids is 1. The molecule has 0 saturated carbocycles. The third-order valence-electron chi connectivity index (χ3n) is 3.75. The van der Waals surface area contributed by atoms with Gasteiger partial charge in [-0.3, -0.25) is 4.90 Å². The van der Waals surface area contributed by atoms with Gasteiger partial charge < -0.3 is 14.4 Å². The zero-order valence-electron chi connectivity index (χ0n) is 12.6. The van der Waals surface area contributed by atoms with Crippen LogP contribution in [0.25, 0.3) is 0 Å². The predicted molar refractivity (Wildman–Crippen MR) is 81.5 cm³/mol. The number of nitrogens with zero attached hydrogens (tertiary/aromatic N) is 2. The van der Waals surface area contributed by atoms with Gasteiger partial charge in [-0.25, -0.2) is 0 Å². The summed E-state index contributed by atoms with van der Waals surface area (Å²) in [4.78, 5) is 15.7. The number of ether oxygens (including phenoxy) is 1. The van der Waals surface area contributed by atoms with Crippen LogP contribution in [-0.4, -0.2) is 51.0 Å².